The third-order valence-corrected chi connectivity index (χ3v) is 2.63. The van der Waals surface area contributed by atoms with Crippen molar-refractivity contribution in [2.24, 2.45) is 0 Å². The Kier molecular flexibility index (Phi) is 3.20. The lowest BCUT2D eigenvalue weighted by Gasteiger charge is -2.20. The number of hydrogen-bond acceptors (Lipinski definition) is 0. The summed E-state index contributed by atoms with van der Waals surface area (Å²) in [5, 5.41) is 0.231. The maximum absolute atomic E-state index is 13.4. The van der Waals surface area contributed by atoms with Crippen LogP contribution in [0, 0.1) is 5.82 Å². The van der Waals surface area contributed by atoms with Gasteiger partial charge in [0.25, 0.3) is 0 Å². The summed E-state index contributed by atoms with van der Waals surface area (Å²) in [6.45, 7) is 8.21. The first-order chi connectivity index (χ1) is 6.36. The number of halogens is 2. The number of rotatable bonds is 1. The van der Waals surface area contributed by atoms with Crippen LogP contribution >= 0.6 is 11.6 Å². The van der Waals surface area contributed by atoms with E-state index in [1.165, 1.54) is 0 Å². The van der Waals surface area contributed by atoms with Crippen LogP contribution < -0.4 is 0 Å². The molecular formula is C12H16ClF. The average molecular weight is 215 g/mol. The highest BCUT2D eigenvalue weighted by Gasteiger charge is 2.17. The minimum absolute atomic E-state index is 0.0151. The van der Waals surface area contributed by atoms with Gasteiger partial charge in [-0.1, -0.05) is 45.4 Å². The number of benzene rings is 1. The summed E-state index contributed by atoms with van der Waals surface area (Å²) in [5.41, 5.74) is 1.80. The fourth-order valence-electron chi connectivity index (χ4n) is 1.34. The molecule has 1 aromatic carbocycles. The van der Waals surface area contributed by atoms with Crippen molar-refractivity contribution >= 4 is 11.6 Å². The van der Waals surface area contributed by atoms with Crippen LogP contribution in [-0.2, 0) is 11.8 Å². The fraction of sp³-hybridized carbons (Fsp3) is 0.500. The molecule has 0 unspecified atom stereocenters. The Labute approximate surface area is 90.1 Å². The van der Waals surface area contributed by atoms with Gasteiger partial charge in [0.1, 0.15) is 5.82 Å². The van der Waals surface area contributed by atoms with Crippen molar-refractivity contribution in [2.75, 3.05) is 0 Å². The molecule has 78 valence electrons. The maximum Gasteiger partial charge on any atom is 0.144 e. The smallest absolute Gasteiger partial charge is 0.144 e. The standard InChI is InChI=1S/C12H16ClF/c1-5-8-6-9(12(2,3)4)7-10(13)11(8)14/h6-7H,5H2,1-4H3. The van der Waals surface area contributed by atoms with Gasteiger partial charge >= 0.3 is 0 Å². The first-order valence-electron chi connectivity index (χ1n) is 4.84. The monoisotopic (exact) mass is 214 g/mol. The van der Waals surface area contributed by atoms with Gasteiger partial charge in [-0.15, -0.1) is 0 Å². The van der Waals surface area contributed by atoms with Crippen molar-refractivity contribution in [1.29, 1.82) is 0 Å². The van der Waals surface area contributed by atoms with Crippen molar-refractivity contribution in [3.63, 3.8) is 0 Å². The van der Waals surface area contributed by atoms with E-state index in [0.29, 0.717) is 12.0 Å². The minimum atomic E-state index is -0.276. The lowest BCUT2D eigenvalue weighted by molar-refractivity contribution is 0.577. The van der Waals surface area contributed by atoms with Gasteiger partial charge in [0, 0.05) is 0 Å². The predicted octanol–water partition coefficient (Wildman–Crippen LogP) is 4.34. The van der Waals surface area contributed by atoms with Gasteiger partial charge in [-0.05, 0) is 29.0 Å². The summed E-state index contributed by atoms with van der Waals surface area (Å²) in [5.74, 6) is -0.276. The molecule has 0 amide bonds. The lowest BCUT2D eigenvalue weighted by atomic mass is 9.86. The van der Waals surface area contributed by atoms with Crippen molar-refractivity contribution < 1.29 is 4.39 Å². The van der Waals surface area contributed by atoms with E-state index < -0.39 is 0 Å². The van der Waals surface area contributed by atoms with E-state index in [9.17, 15) is 4.39 Å². The molecule has 0 atom stereocenters. The highest BCUT2D eigenvalue weighted by atomic mass is 35.5. The molecule has 0 aliphatic rings. The third kappa shape index (κ3) is 2.27. The predicted molar refractivity (Wildman–Crippen MR) is 59.5 cm³/mol. The Balaban J connectivity index is 3.30. The molecule has 0 heterocycles. The average Bonchev–Trinajstić information content (AvgIpc) is 2.07. The molecule has 2 heteroatoms. The summed E-state index contributed by atoms with van der Waals surface area (Å²) in [7, 11) is 0. The summed E-state index contributed by atoms with van der Waals surface area (Å²) in [6.07, 6.45) is 0.676. The van der Waals surface area contributed by atoms with Gasteiger partial charge in [0.2, 0.25) is 0 Å². The summed E-state index contributed by atoms with van der Waals surface area (Å²) in [4.78, 5) is 0. The first-order valence-corrected chi connectivity index (χ1v) is 5.22. The zero-order valence-corrected chi connectivity index (χ0v) is 9.87. The van der Waals surface area contributed by atoms with Gasteiger partial charge in [0.15, 0.2) is 0 Å². The lowest BCUT2D eigenvalue weighted by Crippen LogP contribution is -2.12. The van der Waals surface area contributed by atoms with E-state index >= 15 is 0 Å². The molecule has 0 saturated heterocycles. The van der Waals surface area contributed by atoms with Crippen LogP contribution in [0.15, 0.2) is 12.1 Å². The normalized spacial score (nSPS) is 11.9. The van der Waals surface area contributed by atoms with Gasteiger partial charge < -0.3 is 0 Å². The van der Waals surface area contributed by atoms with Crippen LogP contribution in [0.25, 0.3) is 0 Å². The van der Waals surface area contributed by atoms with E-state index in [1.54, 1.807) is 6.07 Å². The molecule has 0 spiro atoms. The summed E-state index contributed by atoms with van der Waals surface area (Å²) < 4.78 is 13.4. The third-order valence-electron chi connectivity index (χ3n) is 2.35. The van der Waals surface area contributed by atoms with Gasteiger partial charge in [-0.25, -0.2) is 4.39 Å². The SMILES string of the molecule is CCc1cc(C(C)(C)C)cc(Cl)c1F. The van der Waals surface area contributed by atoms with Crippen LogP contribution in [0.5, 0.6) is 0 Å². The van der Waals surface area contributed by atoms with Crippen LogP contribution in [0.4, 0.5) is 4.39 Å². The van der Waals surface area contributed by atoms with Gasteiger partial charge in [-0.2, -0.15) is 0 Å². The summed E-state index contributed by atoms with van der Waals surface area (Å²) >= 11 is 5.83. The minimum Gasteiger partial charge on any atom is -0.205 e. The molecule has 0 bridgehead atoms. The molecule has 0 aromatic heterocycles. The maximum atomic E-state index is 13.4. The second-order valence-electron chi connectivity index (χ2n) is 4.53. The van der Waals surface area contributed by atoms with Crippen molar-refractivity contribution in [1.82, 2.24) is 0 Å². The largest absolute Gasteiger partial charge is 0.205 e. The van der Waals surface area contributed by atoms with E-state index in [0.717, 1.165) is 5.56 Å². The highest BCUT2D eigenvalue weighted by Crippen LogP contribution is 2.29. The molecule has 0 aliphatic heterocycles. The second kappa shape index (κ2) is 3.90. The topological polar surface area (TPSA) is 0 Å². The van der Waals surface area contributed by atoms with Gasteiger partial charge in [0.05, 0.1) is 5.02 Å². The Morgan fingerprint density at radius 1 is 1.29 bits per heavy atom. The Morgan fingerprint density at radius 3 is 2.29 bits per heavy atom. The van der Waals surface area contributed by atoms with Crippen molar-refractivity contribution in [2.45, 2.75) is 39.5 Å². The highest BCUT2D eigenvalue weighted by molar-refractivity contribution is 6.30. The molecule has 1 rings (SSSR count). The van der Waals surface area contributed by atoms with E-state index in [-0.39, 0.29) is 16.3 Å². The molecule has 0 aliphatic carbocycles. The van der Waals surface area contributed by atoms with E-state index in [1.807, 2.05) is 13.0 Å². The summed E-state index contributed by atoms with van der Waals surface area (Å²) in [6, 6.07) is 3.62. The van der Waals surface area contributed by atoms with Crippen LogP contribution in [0.3, 0.4) is 0 Å². The fourth-order valence-corrected chi connectivity index (χ4v) is 1.58. The molecule has 1 aromatic rings. The molecular weight excluding hydrogens is 199 g/mol. The Bertz CT molecular complexity index is 337. The molecule has 14 heavy (non-hydrogen) atoms. The molecule has 0 N–H and O–H groups in total. The molecule has 0 saturated carbocycles. The van der Waals surface area contributed by atoms with Crippen molar-refractivity contribution in [3.8, 4) is 0 Å². The molecule has 0 radical (unpaired) electrons. The molecule has 0 fully saturated rings. The first kappa shape index (κ1) is 11.5. The number of aryl methyl sites for hydroxylation is 1. The zero-order chi connectivity index (χ0) is 10.9. The van der Waals surface area contributed by atoms with Crippen molar-refractivity contribution in [3.05, 3.63) is 34.1 Å². The second-order valence-corrected chi connectivity index (χ2v) is 4.94. The Hall–Kier alpha value is -0.560. The Morgan fingerprint density at radius 2 is 1.86 bits per heavy atom. The quantitative estimate of drug-likeness (QED) is 0.653. The van der Waals surface area contributed by atoms with E-state index in [2.05, 4.69) is 20.8 Å². The number of hydrogen-bond donors (Lipinski definition) is 0. The van der Waals surface area contributed by atoms with Crippen LogP contribution in [0.2, 0.25) is 5.02 Å². The van der Waals surface area contributed by atoms with Crippen LogP contribution in [0.1, 0.15) is 38.8 Å². The zero-order valence-electron chi connectivity index (χ0n) is 9.12. The van der Waals surface area contributed by atoms with Gasteiger partial charge in [-0.3, -0.25) is 0 Å². The van der Waals surface area contributed by atoms with Crippen LogP contribution in [-0.4, -0.2) is 0 Å². The molecule has 0 nitrogen and oxygen atoms in total. The van der Waals surface area contributed by atoms with E-state index in [4.69, 9.17) is 11.6 Å².